The number of nitrogens with one attached hydrogen (secondary N) is 1. The summed E-state index contributed by atoms with van der Waals surface area (Å²) in [6.45, 7) is 3.07. The van der Waals surface area contributed by atoms with Gasteiger partial charge in [0.25, 0.3) is 5.56 Å². The molecule has 3 N–H and O–H groups in total. The molecule has 0 bridgehead atoms. The fourth-order valence-electron chi connectivity index (χ4n) is 3.76. The van der Waals surface area contributed by atoms with Crippen molar-refractivity contribution in [2.24, 2.45) is 12.8 Å². The number of anilines is 1. The van der Waals surface area contributed by atoms with Gasteiger partial charge in [0.05, 0.1) is 13.1 Å². The number of imidazole rings is 1. The lowest BCUT2D eigenvalue weighted by Gasteiger charge is -2.34. The van der Waals surface area contributed by atoms with E-state index < -0.39 is 11.2 Å². The van der Waals surface area contributed by atoms with Gasteiger partial charge in [-0.1, -0.05) is 23.7 Å². The summed E-state index contributed by atoms with van der Waals surface area (Å²) in [6, 6.07) is 7.38. The number of aryl methyl sites for hydroxylation is 1. The number of hydrogen-bond acceptors (Lipinski definition) is 6. The van der Waals surface area contributed by atoms with E-state index in [-0.39, 0.29) is 12.5 Å². The molecule has 1 saturated heterocycles. The zero-order chi connectivity index (χ0) is 21.4. The first-order chi connectivity index (χ1) is 14.3. The van der Waals surface area contributed by atoms with Crippen LogP contribution < -0.4 is 21.9 Å². The van der Waals surface area contributed by atoms with E-state index in [0.717, 1.165) is 5.56 Å². The molecule has 0 atom stereocenters. The van der Waals surface area contributed by atoms with E-state index in [1.807, 2.05) is 32.6 Å². The lowest BCUT2D eigenvalue weighted by molar-refractivity contribution is -0.119. The molecule has 4 rings (SSSR count). The van der Waals surface area contributed by atoms with Crippen molar-refractivity contribution >= 4 is 34.6 Å². The number of hydrogen-bond donors (Lipinski definition) is 2. The minimum atomic E-state index is -0.516. The van der Waals surface area contributed by atoms with Crippen LogP contribution in [0.2, 0.25) is 5.02 Å². The van der Waals surface area contributed by atoms with Crippen molar-refractivity contribution in [3.8, 4) is 0 Å². The molecule has 1 amide bonds. The second-order valence-corrected chi connectivity index (χ2v) is 7.78. The Bertz CT molecular complexity index is 1220. The molecule has 1 aliphatic heterocycles. The molecule has 0 spiro atoms. The van der Waals surface area contributed by atoms with Crippen LogP contribution in [0.25, 0.3) is 11.2 Å². The van der Waals surface area contributed by atoms with Crippen LogP contribution in [-0.2, 0) is 18.4 Å². The molecule has 0 saturated carbocycles. The molecule has 11 heteroatoms. The average molecular weight is 432 g/mol. The molecule has 0 unspecified atom stereocenters. The summed E-state index contributed by atoms with van der Waals surface area (Å²) in [4.78, 5) is 47.0. The van der Waals surface area contributed by atoms with E-state index in [4.69, 9.17) is 17.3 Å². The van der Waals surface area contributed by atoms with Gasteiger partial charge < -0.3 is 10.6 Å². The second kappa shape index (κ2) is 7.96. The first-order valence-electron chi connectivity index (χ1n) is 9.53. The van der Waals surface area contributed by atoms with E-state index in [1.54, 1.807) is 13.1 Å². The van der Waals surface area contributed by atoms with Crippen molar-refractivity contribution in [2.45, 2.75) is 6.54 Å². The number of carbonyl (C=O) groups excluding carboxylic acids is 1. The molecular formula is C19H22ClN7O3. The van der Waals surface area contributed by atoms with Gasteiger partial charge in [-0.15, -0.1) is 0 Å². The molecule has 3 aromatic rings. The number of H-pyrrole nitrogens is 1. The fourth-order valence-corrected chi connectivity index (χ4v) is 3.97. The largest absolute Gasteiger partial charge is 0.369 e. The minimum Gasteiger partial charge on any atom is -0.369 e. The third kappa shape index (κ3) is 3.83. The standard InChI is InChI=1S/C19H22ClN7O3/c1-24-16-15(17(29)23-19(24)30)27(10-12-3-2-4-13(20)9-12)18(22-16)26-7-5-25(6-8-26)11-14(21)28/h2-4,9H,5-8,10-11H2,1H3,(H2,21,28)(H,23,29,30). The third-order valence-electron chi connectivity index (χ3n) is 5.25. The van der Waals surface area contributed by atoms with Gasteiger partial charge >= 0.3 is 5.69 Å². The Kier molecular flexibility index (Phi) is 5.35. The number of nitrogens with two attached hydrogens (primary N) is 1. The maximum absolute atomic E-state index is 12.7. The maximum Gasteiger partial charge on any atom is 0.329 e. The summed E-state index contributed by atoms with van der Waals surface area (Å²) < 4.78 is 3.14. The van der Waals surface area contributed by atoms with Crippen LogP contribution in [0.1, 0.15) is 5.56 Å². The third-order valence-corrected chi connectivity index (χ3v) is 5.49. The summed E-state index contributed by atoms with van der Waals surface area (Å²) >= 11 is 6.13. The van der Waals surface area contributed by atoms with Gasteiger partial charge in [-0.25, -0.2) is 4.79 Å². The Balaban J connectivity index is 1.78. The van der Waals surface area contributed by atoms with Gasteiger partial charge in [-0.05, 0) is 17.7 Å². The Labute approximate surface area is 176 Å². The summed E-state index contributed by atoms with van der Waals surface area (Å²) in [5, 5.41) is 0.597. The lowest BCUT2D eigenvalue weighted by atomic mass is 10.2. The topological polar surface area (TPSA) is 122 Å². The quantitative estimate of drug-likeness (QED) is 0.573. The average Bonchev–Trinajstić information content (AvgIpc) is 3.06. The number of piperazine rings is 1. The first-order valence-corrected chi connectivity index (χ1v) is 9.91. The molecule has 0 aliphatic carbocycles. The van der Waals surface area contributed by atoms with Crippen molar-refractivity contribution in [3.05, 3.63) is 55.7 Å². The van der Waals surface area contributed by atoms with Gasteiger partial charge in [-0.2, -0.15) is 4.98 Å². The highest BCUT2D eigenvalue weighted by atomic mass is 35.5. The number of halogens is 1. The Morgan fingerprint density at radius 3 is 2.63 bits per heavy atom. The van der Waals surface area contributed by atoms with Gasteiger partial charge in [0.15, 0.2) is 11.2 Å². The van der Waals surface area contributed by atoms with E-state index in [9.17, 15) is 14.4 Å². The molecule has 0 radical (unpaired) electrons. The number of benzene rings is 1. The van der Waals surface area contributed by atoms with Crippen LogP contribution >= 0.6 is 11.6 Å². The van der Waals surface area contributed by atoms with Gasteiger partial charge in [0.1, 0.15) is 0 Å². The van der Waals surface area contributed by atoms with Crippen LogP contribution in [0.3, 0.4) is 0 Å². The Morgan fingerprint density at radius 1 is 1.23 bits per heavy atom. The predicted molar refractivity (Wildman–Crippen MR) is 114 cm³/mol. The summed E-state index contributed by atoms with van der Waals surface area (Å²) in [7, 11) is 1.58. The normalized spacial score (nSPS) is 15.1. The van der Waals surface area contributed by atoms with E-state index in [2.05, 4.69) is 9.97 Å². The van der Waals surface area contributed by atoms with Gasteiger partial charge in [0, 0.05) is 38.2 Å². The molecular weight excluding hydrogens is 410 g/mol. The van der Waals surface area contributed by atoms with Crippen molar-refractivity contribution < 1.29 is 4.79 Å². The van der Waals surface area contributed by atoms with Crippen LogP contribution in [0, 0.1) is 0 Å². The van der Waals surface area contributed by atoms with Crippen molar-refractivity contribution in [1.82, 2.24) is 24.0 Å². The van der Waals surface area contributed by atoms with Crippen LogP contribution in [0.5, 0.6) is 0 Å². The van der Waals surface area contributed by atoms with Gasteiger partial charge in [-0.3, -0.25) is 28.6 Å². The molecule has 1 aliphatic rings. The number of fused-ring (bicyclic) bond motifs is 1. The van der Waals surface area contributed by atoms with E-state index in [0.29, 0.717) is 54.9 Å². The van der Waals surface area contributed by atoms with E-state index in [1.165, 1.54) is 4.57 Å². The summed E-state index contributed by atoms with van der Waals surface area (Å²) in [6.07, 6.45) is 0. The lowest BCUT2D eigenvalue weighted by Crippen LogP contribution is -2.49. The van der Waals surface area contributed by atoms with Gasteiger partial charge in [0.2, 0.25) is 11.9 Å². The molecule has 1 aromatic carbocycles. The molecule has 3 heterocycles. The summed E-state index contributed by atoms with van der Waals surface area (Å²) in [5.74, 6) is 0.230. The van der Waals surface area contributed by atoms with Crippen molar-refractivity contribution in [1.29, 1.82) is 0 Å². The highest BCUT2D eigenvalue weighted by Gasteiger charge is 2.25. The zero-order valence-corrected chi connectivity index (χ0v) is 17.2. The highest BCUT2D eigenvalue weighted by molar-refractivity contribution is 6.30. The van der Waals surface area contributed by atoms with Crippen molar-refractivity contribution in [2.75, 3.05) is 37.6 Å². The SMILES string of the molecule is Cn1c(=O)[nH]c(=O)c2c1nc(N1CCN(CC(N)=O)CC1)n2Cc1cccc(Cl)c1. The zero-order valence-electron chi connectivity index (χ0n) is 16.5. The Morgan fingerprint density at radius 2 is 1.97 bits per heavy atom. The number of amides is 1. The highest BCUT2D eigenvalue weighted by Crippen LogP contribution is 2.23. The molecule has 30 heavy (non-hydrogen) atoms. The molecule has 2 aromatic heterocycles. The number of rotatable bonds is 5. The maximum atomic E-state index is 12.7. The van der Waals surface area contributed by atoms with E-state index >= 15 is 0 Å². The number of primary amides is 1. The van der Waals surface area contributed by atoms with Crippen LogP contribution in [0.15, 0.2) is 33.9 Å². The van der Waals surface area contributed by atoms with Crippen molar-refractivity contribution in [3.63, 3.8) is 0 Å². The van der Waals surface area contributed by atoms with Crippen LogP contribution in [-0.4, -0.2) is 62.6 Å². The number of carbonyl (C=O) groups is 1. The van der Waals surface area contributed by atoms with Crippen LogP contribution in [0.4, 0.5) is 5.95 Å². The molecule has 10 nitrogen and oxygen atoms in total. The smallest absolute Gasteiger partial charge is 0.329 e. The predicted octanol–water partition coefficient (Wildman–Crippen LogP) is -0.268. The number of nitrogens with zero attached hydrogens (tertiary/aromatic N) is 5. The molecule has 1 fully saturated rings. The number of aromatic nitrogens is 4. The monoisotopic (exact) mass is 431 g/mol. The Hall–Kier alpha value is -3.11. The second-order valence-electron chi connectivity index (χ2n) is 7.35. The summed E-state index contributed by atoms with van der Waals surface area (Å²) in [5.41, 5.74) is 5.85. The fraction of sp³-hybridized carbons (Fsp3) is 0.368. The minimum absolute atomic E-state index is 0.209. The number of aromatic amines is 1. The molecule has 158 valence electrons. The first kappa shape index (κ1) is 20.2.